The second-order valence-electron chi connectivity index (χ2n) is 4.66. The minimum absolute atomic E-state index is 0.340. The van der Waals surface area contributed by atoms with Crippen molar-refractivity contribution < 1.29 is 21.6 Å². The number of nitrogens with zero attached hydrogens (tertiary/aromatic N) is 3. The van der Waals surface area contributed by atoms with E-state index < -0.39 is 28.3 Å². The molecule has 0 aliphatic heterocycles. The van der Waals surface area contributed by atoms with Crippen LogP contribution in [0.4, 0.5) is 13.2 Å². The molecule has 0 spiro atoms. The van der Waals surface area contributed by atoms with Gasteiger partial charge < -0.3 is 0 Å². The van der Waals surface area contributed by atoms with Crippen molar-refractivity contribution >= 4 is 10.0 Å². The highest BCUT2D eigenvalue weighted by molar-refractivity contribution is 7.89. The van der Waals surface area contributed by atoms with Crippen molar-refractivity contribution in [2.24, 2.45) is 0 Å². The fourth-order valence-corrected chi connectivity index (χ4v) is 2.70. The molecular formula is C11H14F3N3O2S. The molecule has 112 valence electrons. The van der Waals surface area contributed by atoms with E-state index >= 15 is 0 Å². The average molecular weight is 309 g/mol. The largest absolute Gasteiger partial charge is 0.408 e. The van der Waals surface area contributed by atoms with Gasteiger partial charge in [-0.1, -0.05) is 5.92 Å². The highest BCUT2D eigenvalue weighted by Crippen LogP contribution is 2.23. The molecule has 0 fully saturated rings. The van der Waals surface area contributed by atoms with E-state index in [1.807, 2.05) is 0 Å². The average Bonchev–Trinajstić information content (AvgIpc) is 2.74. The number of hydrogen-bond acceptors (Lipinski definition) is 3. The molecule has 0 aliphatic rings. The van der Waals surface area contributed by atoms with Gasteiger partial charge in [-0.15, -0.1) is 6.42 Å². The van der Waals surface area contributed by atoms with Gasteiger partial charge in [-0.05, 0) is 13.8 Å². The fourth-order valence-electron chi connectivity index (χ4n) is 1.30. The van der Waals surface area contributed by atoms with Crippen LogP contribution in [0.15, 0.2) is 17.3 Å². The van der Waals surface area contributed by atoms with Gasteiger partial charge in [0.2, 0.25) is 10.0 Å². The van der Waals surface area contributed by atoms with Gasteiger partial charge in [0.1, 0.15) is 11.4 Å². The second kappa shape index (κ2) is 5.10. The fraction of sp³-hybridized carbons (Fsp3) is 0.545. The Morgan fingerprint density at radius 2 is 2.00 bits per heavy atom. The molecule has 0 bridgehead atoms. The third-order valence-electron chi connectivity index (χ3n) is 2.75. The maximum absolute atomic E-state index is 12.2. The van der Waals surface area contributed by atoms with E-state index in [2.05, 4.69) is 11.0 Å². The molecule has 5 nitrogen and oxygen atoms in total. The molecule has 0 saturated carbocycles. The maximum atomic E-state index is 12.2. The van der Waals surface area contributed by atoms with E-state index in [-0.39, 0.29) is 4.90 Å². The van der Waals surface area contributed by atoms with Crippen LogP contribution in [-0.4, -0.2) is 41.3 Å². The molecule has 20 heavy (non-hydrogen) atoms. The summed E-state index contributed by atoms with van der Waals surface area (Å²) in [7, 11) is -2.74. The van der Waals surface area contributed by atoms with Crippen LogP contribution >= 0.6 is 0 Å². The van der Waals surface area contributed by atoms with Crippen molar-refractivity contribution in [2.45, 2.75) is 37.0 Å². The van der Waals surface area contributed by atoms with Gasteiger partial charge in [0.15, 0.2) is 0 Å². The lowest BCUT2D eigenvalue weighted by Gasteiger charge is -2.29. The minimum Gasteiger partial charge on any atom is -0.262 e. The lowest BCUT2D eigenvalue weighted by molar-refractivity contribution is -0.142. The zero-order chi connectivity index (χ0) is 15.8. The highest BCUT2D eigenvalue weighted by Gasteiger charge is 2.34. The van der Waals surface area contributed by atoms with Gasteiger partial charge in [-0.25, -0.2) is 8.42 Å². The van der Waals surface area contributed by atoms with Gasteiger partial charge in [-0.2, -0.15) is 22.6 Å². The number of sulfonamides is 1. The van der Waals surface area contributed by atoms with Crippen LogP contribution < -0.4 is 0 Å². The maximum Gasteiger partial charge on any atom is 0.408 e. The van der Waals surface area contributed by atoms with Crippen molar-refractivity contribution in [3.05, 3.63) is 12.4 Å². The first-order valence-electron chi connectivity index (χ1n) is 5.46. The van der Waals surface area contributed by atoms with Gasteiger partial charge in [0.25, 0.3) is 0 Å². The molecule has 0 amide bonds. The molecule has 0 unspecified atom stereocenters. The number of terminal acetylenes is 1. The third kappa shape index (κ3) is 3.52. The van der Waals surface area contributed by atoms with Crippen LogP contribution in [0.1, 0.15) is 13.8 Å². The first kappa shape index (κ1) is 16.5. The molecule has 0 aromatic carbocycles. The smallest absolute Gasteiger partial charge is 0.262 e. The van der Waals surface area contributed by atoms with Gasteiger partial charge in [0, 0.05) is 13.2 Å². The Labute approximate surface area is 115 Å². The molecule has 9 heteroatoms. The quantitative estimate of drug-likeness (QED) is 0.792. The van der Waals surface area contributed by atoms with Crippen molar-refractivity contribution in [2.75, 3.05) is 7.05 Å². The van der Waals surface area contributed by atoms with Crippen LogP contribution in [-0.2, 0) is 16.6 Å². The first-order chi connectivity index (χ1) is 8.90. The van der Waals surface area contributed by atoms with Crippen molar-refractivity contribution in [1.82, 2.24) is 14.1 Å². The molecule has 0 saturated heterocycles. The molecule has 0 aliphatic carbocycles. The molecule has 1 rings (SSSR count). The molecule has 0 radical (unpaired) electrons. The summed E-state index contributed by atoms with van der Waals surface area (Å²) in [5.74, 6) is 2.30. The molecule has 0 atom stereocenters. The van der Waals surface area contributed by atoms with E-state index in [0.717, 1.165) is 16.7 Å². The zero-order valence-corrected chi connectivity index (χ0v) is 12.0. The SMILES string of the molecule is C#CC(C)(C)N(C)S(=O)(=O)c1cnn(CC(F)(F)F)c1. The number of rotatable bonds is 4. The minimum atomic E-state index is -4.48. The first-order valence-corrected chi connectivity index (χ1v) is 6.90. The molecule has 0 N–H and O–H groups in total. The summed E-state index contributed by atoms with van der Waals surface area (Å²) in [5.41, 5.74) is -1.11. The Morgan fingerprint density at radius 1 is 1.45 bits per heavy atom. The van der Waals surface area contributed by atoms with E-state index in [1.165, 1.54) is 20.9 Å². The topological polar surface area (TPSA) is 55.2 Å². The monoisotopic (exact) mass is 309 g/mol. The van der Waals surface area contributed by atoms with Gasteiger partial charge >= 0.3 is 6.18 Å². The summed E-state index contributed by atoms with van der Waals surface area (Å²) in [4.78, 5) is -0.340. The highest BCUT2D eigenvalue weighted by atomic mass is 32.2. The Bertz CT molecular complexity index is 626. The summed E-state index contributed by atoms with van der Waals surface area (Å²) >= 11 is 0. The molecule has 1 aromatic rings. The predicted octanol–water partition coefficient (Wildman–Crippen LogP) is 1.48. The van der Waals surface area contributed by atoms with Crippen LogP contribution in [0.5, 0.6) is 0 Å². The van der Waals surface area contributed by atoms with Crippen LogP contribution in [0.3, 0.4) is 0 Å². The summed E-state index contributed by atoms with van der Waals surface area (Å²) in [6.45, 7) is 1.65. The summed E-state index contributed by atoms with van der Waals surface area (Å²) in [6, 6.07) is 0. The van der Waals surface area contributed by atoms with Gasteiger partial charge in [0.05, 0.1) is 11.7 Å². The molecule has 1 aromatic heterocycles. The second-order valence-corrected chi connectivity index (χ2v) is 6.63. The number of halogens is 3. The predicted molar refractivity (Wildman–Crippen MR) is 66.1 cm³/mol. The van der Waals surface area contributed by atoms with E-state index in [4.69, 9.17) is 6.42 Å². The Morgan fingerprint density at radius 3 is 2.45 bits per heavy atom. The normalized spacial score (nSPS) is 13.5. The standard InChI is InChI=1S/C11H14F3N3O2S/c1-5-10(2,3)16(4)20(18,19)9-6-15-17(7-9)8-11(12,13)14/h1,6-7H,8H2,2-4H3. The lowest BCUT2D eigenvalue weighted by atomic mass is 10.1. The number of alkyl halides is 3. The van der Waals surface area contributed by atoms with Crippen LogP contribution in [0.2, 0.25) is 0 Å². The summed E-state index contributed by atoms with van der Waals surface area (Å²) < 4.78 is 62.5. The summed E-state index contributed by atoms with van der Waals surface area (Å²) in [6.07, 6.45) is 2.46. The van der Waals surface area contributed by atoms with Crippen molar-refractivity contribution in [3.8, 4) is 12.3 Å². The van der Waals surface area contributed by atoms with Crippen LogP contribution in [0.25, 0.3) is 0 Å². The molecule has 1 heterocycles. The van der Waals surface area contributed by atoms with Crippen molar-refractivity contribution in [1.29, 1.82) is 0 Å². The van der Waals surface area contributed by atoms with E-state index in [9.17, 15) is 21.6 Å². The number of hydrogen-bond donors (Lipinski definition) is 0. The van der Waals surface area contributed by atoms with Gasteiger partial charge in [-0.3, -0.25) is 4.68 Å². The van der Waals surface area contributed by atoms with E-state index in [0.29, 0.717) is 4.68 Å². The Kier molecular flexibility index (Phi) is 4.22. The summed E-state index contributed by atoms with van der Waals surface area (Å²) in [5, 5.41) is 3.40. The molecular weight excluding hydrogens is 295 g/mol. The Balaban J connectivity index is 3.10. The van der Waals surface area contributed by atoms with E-state index in [1.54, 1.807) is 0 Å². The Hall–Kier alpha value is -1.53. The lowest BCUT2D eigenvalue weighted by Crippen LogP contribution is -2.43. The third-order valence-corrected chi connectivity index (χ3v) is 4.73. The zero-order valence-electron chi connectivity index (χ0n) is 11.1. The van der Waals surface area contributed by atoms with Crippen LogP contribution in [0, 0.1) is 12.3 Å². The van der Waals surface area contributed by atoms with Crippen molar-refractivity contribution in [3.63, 3.8) is 0 Å². The number of aromatic nitrogens is 2.